The number of carbonyl (C=O) groups excluding carboxylic acids is 1. The van der Waals surface area contributed by atoms with E-state index in [1.807, 2.05) is 44.2 Å². The van der Waals surface area contributed by atoms with Gasteiger partial charge in [-0.25, -0.2) is 0 Å². The summed E-state index contributed by atoms with van der Waals surface area (Å²) in [6.45, 7) is 4.89. The molecule has 0 unspecified atom stereocenters. The highest BCUT2D eigenvalue weighted by Crippen LogP contribution is 2.39. The van der Waals surface area contributed by atoms with Crippen molar-refractivity contribution in [2.45, 2.75) is 20.5 Å². The van der Waals surface area contributed by atoms with Crippen LogP contribution < -0.4 is 15.2 Å². The number of aryl methyl sites for hydroxylation is 1. The molecule has 5 nitrogen and oxygen atoms in total. The van der Waals surface area contributed by atoms with Crippen LogP contribution in [0.5, 0.6) is 11.5 Å². The molecule has 0 fully saturated rings. The predicted molar refractivity (Wildman–Crippen MR) is 113 cm³/mol. The van der Waals surface area contributed by atoms with Gasteiger partial charge in [0.05, 0.1) is 16.0 Å². The van der Waals surface area contributed by atoms with Crippen LogP contribution in [0.4, 0.5) is 0 Å². The Bertz CT molecular complexity index is 941. The summed E-state index contributed by atoms with van der Waals surface area (Å²) in [5, 5.41) is 0.258. The highest BCUT2D eigenvalue weighted by molar-refractivity contribution is 9.10. The van der Waals surface area contributed by atoms with Crippen molar-refractivity contribution in [3.63, 3.8) is 0 Å². The van der Waals surface area contributed by atoms with Gasteiger partial charge in [-0.05, 0) is 70.9 Å². The first-order valence-corrected chi connectivity index (χ1v) is 10.00. The number of amides is 1. The maximum atomic E-state index is 11.8. The van der Waals surface area contributed by atoms with Gasteiger partial charge in [-0.2, -0.15) is 4.99 Å². The minimum atomic E-state index is -0.327. The number of nitrogens with two attached hydrogens (primary N) is 1. The number of hydrogen-bond donors (Lipinski definition) is 1. The van der Waals surface area contributed by atoms with E-state index in [2.05, 4.69) is 27.0 Å². The summed E-state index contributed by atoms with van der Waals surface area (Å²) < 4.78 is 12.5. The van der Waals surface area contributed by atoms with Crippen LogP contribution in [0.15, 0.2) is 50.8 Å². The highest BCUT2D eigenvalue weighted by atomic mass is 79.9. The van der Waals surface area contributed by atoms with E-state index in [0.717, 1.165) is 27.4 Å². The zero-order valence-electron chi connectivity index (χ0n) is 15.0. The van der Waals surface area contributed by atoms with Gasteiger partial charge < -0.3 is 15.2 Å². The molecule has 1 heterocycles. The lowest BCUT2D eigenvalue weighted by Gasteiger charge is -2.15. The first-order chi connectivity index (χ1) is 13.0. The van der Waals surface area contributed by atoms with Crippen molar-refractivity contribution in [1.29, 1.82) is 0 Å². The minimum Gasteiger partial charge on any atom is -0.490 e. The second-order valence-corrected chi connectivity index (χ2v) is 7.82. The number of hydrogen-bond acceptors (Lipinski definition) is 5. The van der Waals surface area contributed by atoms with Gasteiger partial charge in [0.15, 0.2) is 16.7 Å². The number of benzene rings is 2. The number of thioether (sulfide) groups is 1. The average molecular weight is 447 g/mol. The molecule has 2 N–H and O–H groups in total. The Morgan fingerprint density at radius 3 is 2.74 bits per heavy atom. The SMILES string of the molecule is CCOc1cc(/C=C2\SC(N)=NC2=O)cc(Br)c1OCc1cccc(C)c1. The fraction of sp³-hybridized carbons (Fsp3) is 0.200. The molecule has 2 aromatic carbocycles. The maximum Gasteiger partial charge on any atom is 0.286 e. The van der Waals surface area contributed by atoms with Crippen LogP contribution in [0.25, 0.3) is 6.08 Å². The van der Waals surface area contributed by atoms with Crippen LogP contribution in [0.2, 0.25) is 0 Å². The van der Waals surface area contributed by atoms with Crippen LogP contribution in [0.3, 0.4) is 0 Å². The number of ether oxygens (including phenoxy) is 2. The molecule has 0 saturated heterocycles. The fourth-order valence-corrected chi connectivity index (χ4v) is 3.86. The zero-order valence-corrected chi connectivity index (χ0v) is 17.4. The quantitative estimate of drug-likeness (QED) is 0.652. The lowest BCUT2D eigenvalue weighted by Crippen LogP contribution is -2.01. The molecule has 7 heteroatoms. The summed E-state index contributed by atoms with van der Waals surface area (Å²) in [7, 11) is 0. The van der Waals surface area contributed by atoms with E-state index in [-0.39, 0.29) is 11.1 Å². The van der Waals surface area contributed by atoms with E-state index < -0.39 is 0 Å². The van der Waals surface area contributed by atoms with Crippen molar-refractivity contribution >= 4 is 44.8 Å². The molecule has 1 aliphatic heterocycles. The van der Waals surface area contributed by atoms with Crippen LogP contribution >= 0.6 is 27.7 Å². The summed E-state index contributed by atoms with van der Waals surface area (Å²) in [5.74, 6) is 0.906. The monoisotopic (exact) mass is 446 g/mol. The number of carbonyl (C=O) groups is 1. The van der Waals surface area contributed by atoms with Gasteiger partial charge >= 0.3 is 0 Å². The summed E-state index contributed by atoms with van der Waals surface area (Å²) >= 11 is 4.71. The number of nitrogens with zero attached hydrogens (tertiary/aromatic N) is 1. The summed E-state index contributed by atoms with van der Waals surface area (Å²) in [5.41, 5.74) is 8.67. The summed E-state index contributed by atoms with van der Waals surface area (Å²) in [6.07, 6.45) is 1.74. The first-order valence-electron chi connectivity index (χ1n) is 8.39. The second-order valence-electron chi connectivity index (χ2n) is 5.91. The largest absolute Gasteiger partial charge is 0.490 e. The van der Waals surface area contributed by atoms with Gasteiger partial charge in [-0.3, -0.25) is 4.79 Å². The molecule has 0 bridgehead atoms. The number of rotatable bonds is 6. The molecule has 0 saturated carbocycles. The Kier molecular flexibility index (Phi) is 6.23. The first kappa shape index (κ1) is 19.5. The molecule has 1 amide bonds. The van der Waals surface area contributed by atoms with E-state index in [1.165, 1.54) is 5.56 Å². The van der Waals surface area contributed by atoms with Gasteiger partial charge in [0.1, 0.15) is 6.61 Å². The van der Waals surface area contributed by atoms with E-state index in [1.54, 1.807) is 6.08 Å². The molecule has 0 aliphatic carbocycles. The van der Waals surface area contributed by atoms with Crippen molar-refractivity contribution in [3.05, 3.63) is 62.5 Å². The van der Waals surface area contributed by atoms with Crippen molar-refractivity contribution in [2.75, 3.05) is 6.61 Å². The normalized spacial score (nSPS) is 15.1. The Balaban J connectivity index is 1.86. The molecule has 0 radical (unpaired) electrons. The third-order valence-corrected chi connectivity index (χ3v) is 5.13. The van der Waals surface area contributed by atoms with Crippen molar-refractivity contribution < 1.29 is 14.3 Å². The van der Waals surface area contributed by atoms with Crippen molar-refractivity contribution in [3.8, 4) is 11.5 Å². The van der Waals surface area contributed by atoms with E-state index in [0.29, 0.717) is 29.6 Å². The topological polar surface area (TPSA) is 73.9 Å². The number of amidine groups is 1. The van der Waals surface area contributed by atoms with E-state index >= 15 is 0 Å². The molecule has 0 aromatic heterocycles. The third-order valence-electron chi connectivity index (χ3n) is 3.73. The van der Waals surface area contributed by atoms with Gasteiger partial charge in [0.25, 0.3) is 5.91 Å². The molecule has 0 spiro atoms. The second kappa shape index (κ2) is 8.63. The van der Waals surface area contributed by atoms with Crippen LogP contribution in [-0.2, 0) is 11.4 Å². The van der Waals surface area contributed by atoms with Crippen molar-refractivity contribution in [1.82, 2.24) is 0 Å². The van der Waals surface area contributed by atoms with Crippen LogP contribution in [0, 0.1) is 6.92 Å². The fourth-order valence-electron chi connectivity index (χ4n) is 2.61. The number of aliphatic imine (C=N–C) groups is 1. The molecular formula is C20H19BrN2O3S. The maximum absolute atomic E-state index is 11.8. The molecule has 140 valence electrons. The molecule has 3 rings (SSSR count). The van der Waals surface area contributed by atoms with Gasteiger partial charge in [0.2, 0.25) is 0 Å². The van der Waals surface area contributed by atoms with E-state index in [4.69, 9.17) is 15.2 Å². The average Bonchev–Trinajstić information content (AvgIpc) is 2.91. The Labute approximate surface area is 170 Å². The summed E-state index contributed by atoms with van der Waals surface area (Å²) in [6, 6.07) is 11.9. The third kappa shape index (κ3) is 4.93. The van der Waals surface area contributed by atoms with Gasteiger partial charge in [0, 0.05) is 0 Å². The summed E-state index contributed by atoms with van der Waals surface area (Å²) in [4.78, 5) is 16.0. The molecule has 0 atom stereocenters. The van der Waals surface area contributed by atoms with Crippen LogP contribution in [-0.4, -0.2) is 17.7 Å². The molecular weight excluding hydrogens is 428 g/mol. The Morgan fingerprint density at radius 2 is 2.07 bits per heavy atom. The molecule has 27 heavy (non-hydrogen) atoms. The van der Waals surface area contributed by atoms with Crippen LogP contribution in [0.1, 0.15) is 23.6 Å². The lowest BCUT2D eigenvalue weighted by molar-refractivity contribution is -0.113. The molecule has 2 aromatic rings. The smallest absolute Gasteiger partial charge is 0.286 e. The predicted octanol–water partition coefficient (Wildman–Crippen LogP) is 4.66. The van der Waals surface area contributed by atoms with Crippen molar-refractivity contribution in [2.24, 2.45) is 10.7 Å². The highest BCUT2D eigenvalue weighted by Gasteiger charge is 2.20. The lowest BCUT2D eigenvalue weighted by atomic mass is 10.1. The zero-order chi connectivity index (χ0) is 19.4. The molecule has 1 aliphatic rings. The van der Waals surface area contributed by atoms with Gasteiger partial charge in [-0.1, -0.05) is 29.8 Å². The number of halogens is 1. The Hall–Kier alpha value is -2.25. The standard InChI is InChI=1S/C20H19BrN2O3S/c1-3-25-16-9-14(10-17-19(24)23-20(22)27-17)8-15(21)18(16)26-11-13-6-4-5-12(2)7-13/h4-10H,3,11H2,1-2H3,(H2,22,23,24)/b17-10-. The van der Waals surface area contributed by atoms with E-state index in [9.17, 15) is 4.79 Å². The minimum absolute atomic E-state index is 0.258. The van der Waals surface area contributed by atoms with Gasteiger partial charge in [-0.15, -0.1) is 0 Å². The Morgan fingerprint density at radius 1 is 1.26 bits per heavy atom.